The Morgan fingerprint density at radius 3 is 2.72 bits per heavy atom. The lowest BCUT2D eigenvalue weighted by Gasteiger charge is -2.26. The fourth-order valence-electron chi connectivity index (χ4n) is 2.38. The van der Waals surface area contributed by atoms with Gasteiger partial charge in [-0.3, -0.25) is 0 Å². The number of rotatable bonds is 3. The quantitative estimate of drug-likeness (QED) is 0.803. The summed E-state index contributed by atoms with van der Waals surface area (Å²) >= 11 is 5.68. The second-order valence-electron chi connectivity index (χ2n) is 4.89. The highest BCUT2D eigenvalue weighted by molar-refractivity contribution is 7.89. The summed E-state index contributed by atoms with van der Waals surface area (Å²) in [5, 5.41) is 0.302. The van der Waals surface area contributed by atoms with Crippen LogP contribution in [0.1, 0.15) is 26.7 Å². The summed E-state index contributed by atoms with van der Waals surface area (Å²) in [7, 11) is -3.44. The normalized spacial score (nSPS) is 21.7. The van der Waals surface area contributed by atoms with Gasteiger partial charge in [0.1, 0.15) is 10.0 Å². The number of sulfonamides is 1. The van der Waals surface area contributed by atoms with E-state index in [1.807, 2.05) is 0 Å². The van der Waals surface area contributed by atoms with Crippen LogP contribution in [0.3, 0.4) is 0 Å². The number of halogens is 1. The standard InChI is InChI=1S/C12H17ClN2O2S/c1-9(2)11-4-3-7-15(11)18(16,17)10-5-6-12(13)14-8-10/h5-6,8-9,11H,3-4,7H2,1-2H3. The van der Waals surface area contributed by atoms with Crippen molar-refractivity contribution in [2.24, 2.45) is 5.92 Å². The molecule has 1 saturated heterocycles. The highest BCUT2D eigenvalue weighted by atomic mass is 35.5. The summed E-state index contributed by atoms with van der Waals surface area (Å²) in [5.74, 6) is 0.322. The minimum Gasteiger partial charge on any atom is -0.243 e. The molecule has 6 heteroatoms. The fraction of sp³-hybridized carbons (Fsp3) is 0.583. The van der Waals surface area contributed by atoms with Gasteiger partial charge >= 0.3 is 0 Å². The maximum Gasteiger partial charge on any atom is 0.244 e. The van der Waals surface area contributed by atoms with Gasteiger partial charge < -0.3 is 0 Å². The molecule has 1 fully saturated rings. The van der Waals surface area contributed by atoms with E-state index in [0.29, 0.717) is 17.6 Å². The monoisotopic (exact) mass is 288 g/mol. The van der Waals surface area contributed by atoms with Gasteiger partial charge in [-0.2, -0.15) is 4.31 Å². The van der Waals surface area contributed by atoms with Crippen LogP contribution in [-0.2, 0) is 10.0 Å². The van der Waals surface area contributed by atoms with E-state index in [1.165, 1.54) is 18.3 Å². The molecule has 2 rings (SSSR count). The summed E-state index contributed by atoms with van der Waals surface area (Å²) in [4.78, 5) is 4.07. The van der Waals surface area contributed by atoms with Gasteiger partial charge in [-0.25, -0.2) is 13.4 Å². The van der Waals surface area contributed by atoms with Gasteiger partial charge in [0, 0.05) is 18.8 Å². The van der Waals surface area contributed by atoms with E-state index in [4.69, 9.17) is 11.6 Å². The van der Waals surface area contributed by atoms with Crippen molar-refractivity contribution in [2.75, 3.05) is 6.54 Å². The highest BCUT2D eigenvalue weighted by Gasteiger charge is 2.36. The summed E-state index contributed by atoms with van der Waals surface area (Å²) in [6, 6.07) is 3.11. The van der Waals surface area contributed by atoms with Crippen LogP contribution in [-0.4, -0.2) is 30.3 Å². The van der Waals surface area contributed by atoms with E-state index in [1.54, 1.807) is 4.31 Å². The lowest BCUT2D eigenvalue weighted by Crippen LogP contribution is -2.38. The number of nitrogens with zero attached hydrogens (tertiary/aromatic N) is 2. The van der Waals surface area contributed by atoms with Crippen LogP contribution in [0, 0.1) is 5.92 Å². The van der Waals surface area contributed by atoms with Crippen LogP contribution in [0.15, 0.2) is 23.2 Å². The van der Waals surface area contributed by atoms with Gasteiger partial charge in [0.25, 0.3) is 0 Å². The molecule has 1 aliphatic rings. The zero-order valence-corrected chi connectivity index (χ0v) is 12.1. The van der Waals surface area contributed by atoms with E-state index in [2.05, 4.69) is 18.8 Å². The first kappa shape index (κ1) is 13.8. The number of hydrogen-bond donors (Lipinski definition) is 0. The molecule has 0 aromatic carbocycles. The Hall–Kier alpha value is -0.650. The molecule has 4 nitrogen and oxygen atoms in total. The molecule has 0 spiro atoms. The molecule has 1 unspecified atom stereocenters. The zero-order valence-electron chi connectivity index (χ0n) is 10.5. The molecule has 0 N–H and O–H groups in total. The Labute approximate surface area is 113 Å². The minimum absolute atomic E-state index is 0.0886. The van der Waals surface area contributed by atoms with Crippen LogP contribution < -0.4 is 0 Å². The van der Waals surface area contributed by atoms with Crippen molar-refractivity contribution in [2.45, 2.75) is 37.6 Å². The molecule has 0 aliphatic carbocycles. The molecule has 1 aromatic rings. The van der Waals surface area contributed by atoms with Crippen molar-refractivity contribution >= 4 is 21.6 Å². The van der Waals surface area contributed by atoms with Crippen LogP contribution in [0.2, 0.25) is 5.15 Å². The predicted molar refractivity (Wildman–Crippen MR) is 71.0 cm³/mol. The van der Waals surface area contributed by atoms with Crippen LogP contribution >= 0.6 is 11.6 Å². The first-order chi connectivity index (χ1) is 8.43. The highest BCUT2D eigenvalue weighted by Crippen LogP contribution is 2.29. The maximum atomic E-state index is 12.5. The first-order valence-electron chi connectivity index (χ1n) is 6.06. The molecule has 2 heterocycles. The van der Waals surface area contributed by atoms with Crippen LogP contribution in [0.5, 0.6) is 0 Å². The second-order valence-corrected chi connectivity index (χ2v) is 7.16. The van der Waals surface area contributed by atoms with Gasteiger partial charge in [0.15, 0.2) is 0 Å². The van der Waals surface area contributed by atoms with Gasteiger partial charge in [-0.05, 0) is 30.9 Å². The molecule has 1 aliphatic heterocycles. The molecular weight excluding hydrogens is 272 g/mol. The number of hydrogen-bond acceptors (Lipinski definition) is 3. The third-order valence-corrected chi connectivity index (χ3v) is 5.46. The van der Waals surface area contributed by atoms with E-state index < -0.39 is 10.0 Å². The predicted octanol–water partition coefficient (Wildman–Crippen LogP) is 2.54. The minimum atomic E-state index is -3.44. The summed E-state index contributed by atoms with van der Waals surface area (Å²) in [6.07, 6.45) is 3.17. The Kier molecular flexibility index (Phi) is 3.94. The van der Waals surface area contributed by atoms with Crippen molar-refractivity contribution in [3.05, 3.63) is 23.5 Å². The Morgan fingerprint density at radius 1 is 1.44 bits per heavy atom. The smallest absolute Gasteiger partial charge is 0.243 e. The SMILES string of the molecule is CC(C)C1CCCN1S(=O)(=O)c1ccc(Cl)nc1. The summed E-state index contributed by atoms with van der Waals surface area (Å²) in [6.45, 7) is 4.70. The Bertz CT molecular complexity index is 513. The van der Waals surface area contributed by atoms with E-state index in [0.717, 1.165) is 12.8 Å². The Balaban J connectivity index is 2.33. The van der Waals surface area contributed by atoms with Crippen molar-refractivity contribution in [3.63, 3.8) is 0 Å². The number of aromatic nitrogens is 1. The van der Waals surface area contributed by atoms with Crippen molar-refractivity contribution in [3.8, 4) is 0 Å². The zero-order chi connectivity index (χ0) is 13.3. The fourth-order valence-corrected chi connectivity index (χ4v) is 4.26. The number of pyridine rings is 1. The van der Waals surface area contributed by atoms with E-state index in [9.17, 15) is 8.42 Å². The van der Waals surface area contributed by atoms with Crippen molar-refractivity contribution in [1.82, 2.24) is 9.29 Å². The average Bonchev–Trinajstić information content (AvgIpc) is 2.79. The summed E-state index contributed by atoms with van der Waals surface area (Å²) < 4.78 is 26.6. The molecule has 18 heavy (non-hydrogen) atoms. The molecule has 1 aromatic heterocycles. The third-order valence-electron chi connectivity index (χ3n) is 3.32. The largest absolute Gasteiger partial charge is 0.244 e. The second kappa shape index (κ2) is 5.15. The lowest BCUT2D eigenvalue weighted by atomic mass is 10.0. The maximum absolute atomic E-state index is 12.5. The van der Waals surface area contributed by atoms with Gasteiger partial charge in [0.2, 0.25) is 10.0 Å². The van der Waals surface area contributed by atoms with Crippen molar-refractivity contribution < 1.29 is 8.42 Å². The molecule has 0 bridgehead atoms. The van der Waals surface area contributed by atoms with Crippen molar-refractivity contribution in [1.29, 1.82) is 0 Å². The van der Waals surface area contributed by atoms with E-state index in [-0.39, 0.29) is 10.9 Å². The molecule has 1 atom stereocenters. The molecule has 0 amide bonds. The van der Waals surface area contributed by atoms with E-state index >= 15 is 0 Å². The topological polar surface area (TPSA) is 50.3 Å². The summed E-state index contributed by atoms with van der Waals surface area (Å²) in [5.41, 5.74) is 0. The Morgan fingerprint density at radius 2 is 2.17 bits per heavy atom. The van der Waals surface area contributed by atoms with Gasteiger partial charge in [0.05, 0.1) is 0 Å². The molecule has 100 valence electrons. The average molecular weight is 289 g/mol. The van der Waals surface area contributed by atoms with Gasteiger partial charge in [-0.15, -0.1) is 0 Å². The van der Waals surface area contributed by atoms with Gasteiger partial charge in [-0.1, -0.05) is 25.4 Å². The van der Waals surface area contributed by atoms with Crippen LogP contribution in [0.4, 0.5) is 0 Å². The van der Waals surface area contributed by atoms with Crippen LogP contribution in [0.25, 0.3) is 0 Å². The molecular formula is C12H17ClN2O2S. The first-order valence-corrected chi connectivity index (χ1v) is 7.88. The molecule has 0 radical (unpaired) electrons. The molecule has 0 saturated carbocycles. The lowest BCUT2D eigenvalue weighted by molar-refractivity contribution is 0.315. The third kappa shape index (κ3) is 2.53.